The van der Waals surface area contributed by atoms with E-state index in [4.69, 9.17) is 10.5 Å². The van der Waals surface area contributed by atoms with E-state index in [9.17, 15) is 14.4 Å². The number of benzene rings is 2. The molecule has 1 atom stereocenters. The van der Waals surface area contributed by atoms with E-state index in [1.165, 1.54) is 0 Å². The number of halogens is 1. The SMILES string of the molecule is NC(=O)[C@H](Cc1ccc(Br)cc1)NC(=O)CCCCCNC(=O)OCc1ccccc1. The predicted octanol–water partition coefficient (Wildman–Crippen LogP) is 3.45. The Labute approximate surface area is 190 Å². The molecule has 7 nitrogen and oxygen atoms in total. The summed E-state index contributed by atoms with van der Waals surface area (Å²) in [6, 6.07) is 16.2. The summed E-state index contributed by atoms with van der Waals surface area (Å²) < 4.78 is 6.07. The molecule has 31 heavy (non-hydrogen) atoms. The molecule has 8 heteroatoms. The van der Waals surface area contributed by atoms with Gasteiger partial charge in [0.1, 0.15) is 12.6 Å². The summed E-state index contributed by atoms with van der Waals surface area (Å²) in [6.45, 7) is 0.705. The molecular weight excluding hydrogens is 462 g/mol. The highest BCUT2D eigenvalue weighted by molar-refractivity contribution is 9.10. The van der Waals surface area contributed by atoms with Gasteiger partial charge < -0.3 is 21.1 Å². The van der Waals surface area contributed by atoms with Crippen molar-refractivity contribution in [1.29, 1.82) is 0 Å². The van der Waals surface area contributed by atoms with E-state index < -0.39 is 18.0 Å². The molecule has 0 fully saturated rings. The number of alkyl carbamates (subject to hydrolysis) is 1. The molecule has 0 heterocycles. The highest BCUT2D eigenvalue weighted by Crippen LogP contribution is 2.12. The lowest BCUT2D eigenvalue weighted by molar-refractivity contribution is -0.127. The molecule has 2 aromatic rings. The minimum Gasteiger partial charge on any atom is -0.445 e. The number of carbonyl (C=O) groups is 3. The predicted molar refractivity (Wildman–Crippen MR) is 122 cm³/mol. The molecule has 0 bridgehead atoms. The number of ether oxygens (including phenoxy) is 1. The Morgan fingerprint density at radius 2 is 1.65 bits per heavy atom. The fourth-order valence-corrected chi connectivity index (χ4v) is 3.16. The molecule has 0 aromatic heterocycles. The highest BCUT2D eigenvalue weighted by atomic mass is 79.9. The first kappa shape index (κ1) is 24.4. The molecule has 0 aliphatic rings. The van der Waals surface area contributed by atoms with E-state index in [-0.39, 0.29) is 12.5 Å². The number of nitrogens with one attached hydrogen (secondary N) is 2. The molecule has 3 amide bonds. The van der Waals surface area contributed by atoms with Crippen LogP contribution in [0.25, 0.3) is 0 Å². The van der Waals surface area contributed by atoms with Gasteiger partial charge in [-0.3, -0.25) is 9.59 Å². The maximum absolute atomic E-state index is 12.1. The number of rotatable bonds is 12. The van der Waals surface area contributed by atoms with Crippen molar-refractivity contribution in [3.05, 3.63) is 70.2 Å². The van der Waals surface area contributed by atoms with Gasteiger partial charge in [0.25, 0.3) is 0 Å². The molecular formula is C23H28BrN3O4. The van der Waals surface area contributed by atoms with Crippen molar-refractivity contribution in [2.24, 2.45) is 5.73 Å². The van der Waals surface area contributed by atoms with Crippen molar-refractivity contribution in [3.8, 4) is 0 Å². The quantitative estimate of drug-likeness (QED) is 0.396. The first-order chi connectivity index (χ1) is 14.9. The fourth-order valence-electron chi connectivity index (χ4n) is 2.90. The Bertz CT molecular complexity index is 844. The van der Waals surface area contributed by atoms with Gasteiger partial charge in [-0.25, -0.2) is 4.79 Å². The standard InChI is InChI=1S/C23H28BrN3O4/c24-19-12-10-17(11-13-19)15-20(22(25)29)27-21(28)9-5-2-6-14-26-23(30)31-16-18-7-3-1-4-8-18/h1,3-4,7-8,10-13,20H,2,5-6,9,14-16H2,(H2,25,29)(H,26,30)(H,27,28)/t20-/m0/s1. The summed E-state index contributed by atoms with van der Waals surface area (Å²) in [6.07, 6.45) is 2.33. The van der Waals surface area contributed by atoms with Crippen molar-refractivity contribution < 1.29 is 19.1 Å². The van der Waals surface area contributed by atoms with Gasteiger partial charge in [0, 0.05) is 23.9 Å². The van der Waals surface area contributed by atoms with E-state index in [0.29, 0.717) is 25.8 Å². The molecule has 166 valence electrons. The number of primary amides is 1. The zero-order valence-corrected chi connectivity index (χ0v) is 18.9. The number of hydrogen-bond donors (Lipinski definition) is 3. The van der Waals surface area contributed by atoms with Crippen molar-refractivity contribution in [2.45, 2.75) is 44.8 Å². The van der Waals surface area contributed by atoms with Gasteiger partial charge in [-0.15, -0.1) is 0 Å². The van der Waals surface area contributed by atoms with E-state index >= 15 is 0 Å². The van der Waals surface area contributed by atoms with Crippen LogP contribution in [-0.4, -0.2) is 30.5 Å². The van der Waals surface area contributed by atoms with Crippen molar-refractivity contribution in [3.63, 3.8) is 0 Å². The number of amides is 3. The number of nitrogens with two attached hydrogens (primary N) is 1. The normalized spacial score (nSPS) is 11.4. The zero-order chi connectivity index (χ0) is 22.5. The largest absolute Gasteiger partial charge is 0.445 e. The minimum atomic E-state index is -0.741. The second-order valence-corrected chi connectivity index (χ2v) is 8.07. The third-order valence-electron chi connectivity index (χ3n) is 4.59. The van der Waals surface area contributed by atoms with Crippen LogP contribution in [0.4, 0.5) is 4.79 Å². The van der Waals surface area contributed by atoms with Crippen molar-refractivity contribution in [2.75, 3.05) is 6.54 Å². The van der Waals surface area contributed by atoms with Gasteiger partial charge in [0.05, 0.1) is 0 Å². The molecule has 2 rings (SSSR count). The topological polar surface area (TPSA) is 111 Å². The lowest BCUT2D eigenvalue weighted by Crippen LogP contribution is -2.45. The minimum absolute atomic E-state index is 0.212. The van der Waals surface area contributed by atoms with Gasteiger partial charge in [-0.2, -0.15) is 0 Å². The number of carbonyl (C=O) groups excluding carboxylic acids is 3. The maximum Gasteiger partial charge on any atom is 0.407 e. The van der Waals surface area contributed by atoms with Crippen LogP contribution in [0.1, 0.15) is 36.8 Å². The van der Waals surface area contributed by atoms with E-state index in [1.54, 1.807) is 0 Å². The van der Waals surface area contributed by atoms with Gasteiger partial charge in [-0.1, -0.05) is 64.8 Å². The Balaban J connectivity index is 1.57. The first-order valence-corrected chi connectivity index (χ1v) is 11.0. The molecule has 4 N–H and O–H groups in total. The summed E-state index contributed by atoms with van der Waals surface area (Å²) in [5.74, 6) is -0.773. The third-order valence-corrected chi connectivity index (χ3v) is 5.12. The molecule has 0 aliphatic carbocycles. The molecule has 0 radical (unpaired) electrons. The summed E-state index contributed by atoms with van der Waals surface area (Å²) in [5.41, 5.74) is 7.28. The molecule has 2 aromatic carbocycles. The molecule has 0 saturated carbocycles. The number of hydrogen-bond acceptors (Lipinski definition) is 4. The first-order valence-electron chi connectivity index (χ1n) is 10.2. The number of unbranched alkanes of at least 4 members (excludes halogenated alkanes) is 2. The van der Waals surface area contributed by atoms with E-state index in [0.717, 1.165) is 28.4 Å². The van der Waals surface area contributed by atoms with Gasteiger partial charge >= 0.3 is 6.09 Å². The van der Waals surface area contributed by atoms with Crippen LogP contribution in [0.2, 0.25) is 0 Å². The Kier molecular flexibility index (Phi) is 10.6. The summed E-state index contributed by atoms with van der Waals surface area (Å²) >= 11 is 3.36. The molecule has 0 aliphatic heterocycles. The van der Waals surface area contributed by atoms with Gasteiger partial charge in [-0.05, 0) is 36.1 Å². The Morgan fingerprint density at radius 3 is 2.32 bits per heavy atom. The van der Waals surface area contributed by atoms with Crippen LogP contribution in [0.3, 0.4) is 0 Å². The maximum atomic E-state index is 12.1. The third kappa shape index (κ3) is 10.1. The molecule has 0 spiro atoms. The Hall–Kier alpha value is -2.87. The van der Waals surface area contributed by atoms with Crippen molar-refractivity contribution in [1.82, 2.24) is 10.6 Å². The van der Waals surface area contributed by atoms with Gasteiger partial charge in [0.15, 0.2) is 0 Å². The second kappa shape index (κ2) is 13.4. The second-order valence-electron chi connectivity index (χ2n) is 7.15. The van der Waals surface area contributed by atoms with Crippen LogP contribution in [0, 0.1) is 0 Å². The molecule has 0 saturated heterocycles. The fraction of sp³-hybridized carbons (Fsp3) is 0.348. The van der Waals surface area contributed by atoms with Crippen LogP contribution >= 0.6 is 15.9 Å². The Morgan fingerprint density at radius 1 is 0.935 bits per heavy atom. The monoisotopic (exact) mass is 489 g/mol. The van der Waals surface area contributed by atoms with Crippen molar-refractivity contribution >= 4 is 33.8 Å². The lowest BCUT2D eigenvalue weighted by atomic mass is 10.1. The van der Waals surface area contributed by atoms with Crippen LogP contribution in [0.15, 0.2) is 59.1 Å². The average molecular weight is 490 g/mol. The highest BCUT2D eigenvalue weighted by Gasteiger charge is 2.18. The van der Waals surface area contributed by atoms with E-state index in [2.05, 4.69) is 26.6 Å². The zero-order valence-electron chi connectivity index (χ0n) is 17.3. The van der Waals surface area contributed by atoms with Crippen LogP contribution in [-0.2, 0) is 27.4 Å². The smallest absolute Gasteiger partial charge is 0.407 e. The van der Waals surface area contributed by atoms with Gasteiger partial charge in [0.2, 0.25) is 11.8 Å². The lowest BCUT2D eigenvalue weighted by Gasteiger charge is -2.15. The summed E-state index contributed by atoms with van der Waals surface area (Å²) in [4.78, 5) is 35.5. The summed E-state index contributed by atoms with van der Waals surface area (Å²) in [7, 11) is 0. The van der Waals surface area contributed by atoms with Crippen LogP contribution in [0.5, 0.6) is 0 Å². The summed E-state index contributed by atoms with van der Waals surface area (Å²) in [5, 5.41) is 5.40. The average Bonchev–Trinajstić information content (AvgIpc) is 2.76. The van der Waals surface area contributed by atoms with Crippen LogP contribution < -0.4 is 16.4 Å². The molecule has 0 unspecified atom stereocenters. The van der Waals surface area contributed by atoms with E-state index in [1.807, 2.05) is 54.6 Å².